The van der Waals surface area contributed by atoms with Crippen LogP contribution in [0.5, 0.6) is 0 Å². The van der Waals surface area contributed by atoms with Crippen LogP contribution in [0.15, 0.2) is 35.1 Å². The van der Waals surface area contributed by atoms with Crippen molar-refractivity contribution in [1.82, 2.24) is 15.1 Å². The SMILES string of the molecule is Cc1cc(=O)c(C(=O)N[C@@H]2CCC[C@@H](C(F)(F)F)C2)nn1-c1ccccc1F. The minimum atomic E-state index is -4.32. The standard InChI is InChI=1S/C19H19F4N3O2/c1-11-9-16(27)17(25-26(11)15-8-3-2-7-14(15)20)18(28)24-13-6-4-5-12(10-13)19(21,22)23/h2-3,7-9,12-13H,4-6,10H2,1H3,(H,24,28)/t12-,13-/m1/s1. The minimum Gasteiger partial charge on any atom is -0.348 e. The molecule has 1 aliphatic carbocycles. The number of carbonyl (C=O) groups is 1. The number of rotatable bonds is 3. The Labute approximate surface area is 158 Å². The maximum atomic E-state index is 14.1. The number of aryl methyl sites for hydroxylation is 1. The number of para-hydroxylation sites is 1. The number of nitrogens with zero attached hydrogens (tertiary/aromatic N) is 2. The van der Waals surface area contributed by atoms with Crippen LogP contribution < -0.4 is 10.7 Å². The lowest BCUT2D eigenvalue weighted by Gasteiger charge is -2.30. The second kappa shape index (κ2) is 7.73. The largest absolute Gasteiger partial charge is 0.391 e. The number of amides is 1. The van der Waals surface area contributed by atoms with Gasteiger partial charge < -0.3 is 5.32 Å². The van der Waals surface area contributed by atoms with E-state index >= 15 is 0 Å². The van der Waals surface area contributed by atoms with Gasteiger partial charge in [-0.2, -0.15) is 18.3 Å². The number of alkyl halides is 3. The van der Waals surface area contributed by atoms with Gasteiger partial charge in [0.2, 0.25) is 5.43 Å². The molecule has 3 rings (SSSR count). The van der Waals surface area contributed by atoms with Gasteiger partial charge in [0.05, 0.1) is 5.92 Å². The summed E-state index contributed by atoms with van der Waals surface area (Å²) in [4.78, 5) is 24.7. The summed E-state index contributed by atoms with van der Waals surface area (Å²) in [5.74, 6) is -2.93. The van der Waals surface area contributed by atoms with Gasteiger partial charge in [0.1, 0.15) is 11.5 Å². The third-order valence-electron chi connectivity index (χ3n) is 4.88. The van der Waals surface area contributed by atoms with Crippen LogP contribution in [-0.2, 0) is 0 Å². The van der Waals surface area contributed by atoms with Crippen molar-refractivity contribution in [1.29, 1.82) is 0 Å². The average Bonchev–Trinajstić information content (AvgIpc) is 2.62. The Bertz CT molecular complexity index is 940. The van der Waals surface area contributed by atoms with Gasteiger partial charge in [-0.05, 0) is 38.3 Å². The number of carbonyl (C=O) groups excluding carboxylic acids is 1. The normalized spacial score (nSPS) is 20.0. The van der Waals surface area contributed by atoms with Crippen molar-refractivity contribution in [3.63, 3.8) is 0 Å². The summed E-state index contributed by atoms with van der Waals surface area (Å²) in [6, 6.07) is 6.18. The first kappa shape index (κ1) is 20.0. The highest BCUT2D eigenvalue weighted by atomic mass is 19.4. The zero-order chi connectivity index (χ0) is 20.5. The Morgan fingerprint density at radius 3 is 2.64 bits per heavy atom. The third-order valence-corrected chi connectivity index (χ3v) is 4.88. The van der Waals surface area contributed by atoms with E-state index < -0.39 is 41.0 Å². The molecule has 0 bridgehead atoms. The van der Waals surface area contributed by atoms with Crippen molar-refractivity contribution in [2.24, 2.45) is 5.92 Å². The van der Waals surface area contributed by atoms with Crippen LogP contribution in [0, 0.1) is 18.7 Å². The van der Waals surface area contributed by atoms with Crippen LogP contribution >= 0.6 is 0 Å². The first-order chi connectivity index (χ1) is 13.2. The van der Waals surface area contributed by atoms with E-state index in [1.165, 1.54) is 25.1 Å². The molecule has 0 radical (unpaired) electrons. The second-order valence-electron chi connectivity index (χ2n) is 6.94. The highest BCUT2D eigenvalue weighted by Gasteiger charge is 2.42. The zero-order valence-electron chi connectivity index (χ0n) is 15.1. The van der Waals surface area contributed by atoms with Gasteiger partial charge in [0.25, 0.3) is 5.91 Å². The first-order valence-corrected chi connectivity index (χ1v) is 8.90. The quantitative estimate of drug-likeness (QED) is 0.806. The molecule has 2 aromatic rings. The molecule has 9 heteroatoms. The second-order valence-corrected chi connectivity index (χ2v) is 6.94. The van der Waals surface area contributed by atoms with Gasteiger partial charge in [-0.1, -0.05) is 18.6 Å². The van der Waals surface area contributed by atoms with Gasteiger partial charge in [0, 0.05) is 17.8 Å². The first-order valence-electron chi connectivity index (χ1n) is 8.90. The maximum absolute atomic E-state index is 14.1. The van der Waals surface area contributed by atoms with Crippen molar-refractivity contribution in [2.45, 2.75) is 44.8 Å². The lowest BCUT2D eigenvalue weighted by molar-refractivity contribution is -0.183. The molecular weight excluding hydrogens is 378 g/mol. The van der Waals surface area contributed by atoms with Gasteiger partial charge in [0.15, 0.2) is 5.69 Å². The van der Waals surface area contributed by atoms with Crippen LogP contribution in [0.4, 0.5) is 17.6 Å². The summed E-state index contributed by atoms with van der Waals surface area (Å²) >= 11 is 0. The van der Waals surface area contributed by atoms with E-state index in [-0.39, 0.29) is 18.5 Å². The van der Waals surface area contributed by atoms with E-state index in [0.717, 1.165) is 10.7 Å². The molecule has 1 fully saturated rings. The molecule has 0 spiro atoms. The van der Waals surface area contributed by atoms with Crippen LogP contribution in [0.25, 0.3) is 5.69 Å². The fourth-order valence-electron chi connectivity index (χ4n) is 3.44. The Morgan fingerprint density at radius 2 is 1.96 bits per heavy atom. The molecule has 1 aromatic heterocycles. The zero-order valence-corrected chi connectivity index (χ0v) is 15.1. The summed E-state index contributed by atoms with van der Waals surface area (Å²) in [5.41, 5.74) is -0.779. The molecular formula is C19H19F4N3O2. The van der Waals surface area contributed by atoms with Crippen LogP contribution in [-0.4, -0.2) is 27.9 Å². The van der Waals surface area contributed by atoms with Crippen molar-refractivity contribution >= 4 is 5.91 Å². The smallest absolute Gasteiger partial charge is 0.348 e. The highest BCUT2D eigenvalue weighted by Crippen LogP contribution is 2.37. The van der Waals surface area contributed by atoms with E-state index in [4.69, 9.17) is 0 Å². The van der Waals surface area contributed by atoms with E-state index in [2.05, 4.69) is 10.4 Å². The number of hydrogen-bond donors (Lipinski definition) is 1. The average molecular weight is 397 g/mol. The van der Waals surface area contributed by atoms with Crippen LogP contribution in [0.3, 0.4) is 0 Å². The Morgan fingerprint density at radius 1 is 1.25 bits per heavy atom. The fourth-order valence-corrected chi connectivity index (χ4v) is 3.44. The molecule has 1 aromatic carbocycles. The van der Waals surface area contributed by atoms with Crippen molar-refractivity contribution < 1.29 is 22.4 Å². The maximum Gasteiger partial charge on any atom is 0.391 e. The number of benzene rings is 1. The molecule has 1 aliphatic rings. The topological polar surface area (TPSA) is 64.0 Å². The van der Waals surface area contributed by atoms with Crippen molar-refractivity contribution in [3.05, 3.63) is 57.8 Å². The van der Waals surface area contributed by atoms with E-state index in [1.807, 2.05) is 0 Å². The molecule has 5 nitrogen and oxygen atoms in total. The van der Waals surface area contributed by atoms with Crippen LogP contribution in [0.2, 0.25) is 0 Å². The lowest BCUT2D eigenvalue weighted by atomic mass is 9.85. The summed E-state index contributed by atoms with van der Waals surface area (Å²) in [6.45, 7) is 1.54. The Balaban J connectivity index is 1.85. The predicted octanol–water partition coefficient (Wildman–Crippen LogP) is 3.53. The summed E-state index contributed by atoms with van der Waals surface area (Å²) in [5, 5.41) is 6.45. The van der Waals surface area contributed by atoms with Crippen molar-refractivity contribution in [3.8, 4) is 5.69 Å². The monoisotopic (exact) mass is 397 g/mol. The van der Waals surface area contributed by atoms with Gasteiger partial charge >= 0.3 is 6.18 Å². The Kier molecular flexibility index (Phi) is 5.53. The number of nitrogens with one attached hydrogen (secondary N) is 1. The highest BCUT2D eigenvalue weighted by molar-refractivity contribution is 5.92. The molecule has 2 atom stereocenters. The van der Waals surface area contributed by atoms with Crippen LogP contribution in [0.1, 0.15) is 41.9 Å². The molecule has 28 heavy (non-hydrogen) atoms. The molecule has 0 saturated heterocycles. The number of hydrogen-bond acceptors (Lipinski definition) is 3. The number of aromatic nitrogens is 2. The summed E-state index contributed by atoms with van der Waals surface area (Å²) < 4.78 is 54.0. The minimum absolute atomic E-state index is 0.0265. The van der Waals surface area contributed by atoms with Gasteiger partial charge in [-0.15, -0.1) is 0 Å². The molecule has 1 heterocycles. The van der Waals surface area contributed by atoms with Gasteiger partial charge in [-0.3, -0.25) is 9.59 Å². The predicted molar refractivity (Wildman–Crippen MR) is 93.8 cm³/mol. The van der Waals surface area contributed by atoms with E-state index in [0.29, 0.717) is 18.5 Å². The molecule has 0 aliphatic heterocycles. The van der Waals surface area contributed by atoms with E-state index in [1.54, 1.807) is 6.07 Å². The lowest BCUT2D eigenvalue weighted by Crippen LogP contribution is -2.43. The van der Waals surface area contributed by atoms with E-state index in [9.17, 15) is 27.2 Å². The number of halogens is 4. The van der Waals surface area contributed by atoms with Crippen molar-refractivity contribution in [2.75, 3.05) is 0 Å². The Hall–Kier alpha value is -2.71. The molecule has 1 amide bonds. The summed E-state index contributed by atoms with van der Waals surface area (Å²) in [7, 11) is 0. The molecule has 1 N–H and O–H groups in total. The molecule has 0 unspecified atom stereocenters. The molecule has 150 valence electrons. The third kappa shape index (κ3) is 4.23. The molecule has 1 saturated carbocycles. The van der Waals surface area contributed by atoms with Gasteiger partial charge in [-0.25, -0.2) is 9.07 Å². The fraction of sp³-hybridized carbons (Fsp3) is 0.421. The summed E-state index contributed by atoms with van der Waals surface area (Å²) in [6.07, 6.45) is -3.80.